The van der Waals surface area contributed by atoms with Crippen LogP contribution in [0.3, 0.4) is 0 Å². The van der Waals surface area contributed by atoms with Gasteiger partial charge in [0.2, 0.25) is 5.91 Å². The van der Waals surface area contributed by atoms with Crippen LogP contribution in [0.2, 0.25) is 0 Å². The molecule has 19 heavy (non-hydrogen) atoms. The van der Waals surface area contributed by atoms with Gasteiger partial charge in [0.05, 0.1) is 5.52 Å². The van der Waals surface area contributed by atoms with E-state index in [1.807, 2.05) is 20.8 Å². The molecular weight excluding hydrogens is 265 g/mol. The first-order valence-corrected chi connectivity index (χ1v) is 6.37. The standard InChI is InChI=1S/C13H16FN3OS/c1-13(2,3)16-10(18)7-17-9-6-4-5-8(14)11(9)15-12(17)19/h4-6H,7H2,1-3H3,(H,15,19)(H,16,18). The second kappa shape index (κ2) is 4.77. The highest BCUT2D eigenvalue weighted by Crippen LogP contribution is 2.17. The fourth-order valence-electron chi connectivity index (χ4n) is 1.90. The second-order valence-corrected chi connectivity index (χ2v) is 5.84. The molecule has 0 saturated carbocycles. The largest absolute Gasteiger partial charge is 0.350 e. The van der Waals surface area contributed by atoms with Crippen LogP contribution >= 0.6 is 12.2 Å². The van der Waals surface area contributed by atoms with Crippen molar-refractivity contribution >= 4 is 29.2 Å². The van der Waals surface area contributed by atoms with Crippen molar-refractivity contribution in [3.63, 3.8) is 0 Å². The van der Waals surface area contributed by atoms with Crippen LogP contribution in [0.1, 0.15) is 20.8 Å². The number of para-hydroxylation sites is 1. The van der Waals surface area contributed by atoms with Crippen LogP contribution in [0.5, 0.6) is 0 Å². The van der Waals surface area contributed by atoms with Gasteiger partial charge in [0.1, 0.15) is 17.9 Å². The van der Waals surface area contributed by atoms with Gasteiger partial charge < -0.3 is 14.9 Å². The molecule has 0 spiro atoms. The summed E-state index contributed by atoms with van der Waals surface area (Å²) in [5.41, 5.74) is 0.612. The van der Waals surface area contributed by atoms with E-state index in [0.29, 0.717) is 15.8 Å². The highest BCUT2D eigenvalue weighted by Gasteiger charge is 2.16. The average Bonchev–Trinajstić information content (AvgIpc) is 2.55. The number of halogens is 1. The number of imidazole rings is 1. The molecule has 1 aromatic carbocycles. The number of nitrogens with zero attached hydrogens (tertiary/aromatic N) is 1. The molecule has 2 N–H and O–H groups in total. The molecule has 6 heteroatoms. The summed E-state index contributed by atoms with van der Waals surface area (Å²) < 4.78 is 15.5. The van der Waals surface area contributed by atoms with Crippen LogP contribution < -0.4 is 5.32 Å². The number of amides is 1. The number of benzene rings is 1. The zero-order valence-corrected chi connectivity index (χ0v) is 11.9. The van der Waals surface area contributed by atoms with E-state index < -0.39 is 0 Å². The Balaban J connectivity index is 2.36. The first kappa shape index (κ1) is 13.7. The number of hydrogen-bond donors (Lipinski definition) is 2. The number of aromatic amines is 1. The minimum absolute atomic E-state index is 0.0690. The number of H-pyrrole nitrogens is 1. The summed E-state index contributed by atoms with van der Waals surface area (Å²) in [5, 5.41) is 2.85. The predicted octanol–water partition coefficient (Wildman–Crippen LogP) is 2.75. The number of rotatable bonds is 2. The maximum atomic E-state index is 13.6. The van der Waals surface area contributed by atoms with Gasteiger partial charge in [-0.3, -0.25) is 4.79 Å². The Morgan fingerprint density at radius 3 is 2.79 bits per heavy atom. The van der Waals surface area contributed by atoms with Gasteiger partial charge in [-0.05, 0) is 45.1 Å². The summed E-state index contributed by atoms with van der Waals surface area (Å²) in [6.07, 6.45) is 0. The molecule has 0 aliphatic heterocycles. The number of aromatic nitrogens is 2. The topological polar surface area (TPSA) is 49.8 Å². The van der Waals surface area contributed by atoms with Gasteiger partial charge in [0.15, 0.2) is 4.77 Å². The number of carbonyl (C=O) groups excluding carboxylic acids is 1. The summed E-state index contributed by atoms with van der Waals surface area (Å²) in [4.78, 5) is 14.7. The number of hydrogen-bond acceptors (Lipinski definition) is 2. The summed E-state index contributed by atoms with van der Waals surface area (Å²) in [5.74, 6) is -0.535. The lowest BCUT2D eigenvalue weighted by atomic mass is 10.1. The molecule has 1 aromatic heterocycles. The SMILES string of the molecule is CC(C)(C)NC(=O)Cn1c(=S)[nH]c2c(F)cccc21. The molecule has 1 heterocycles. The van der Waals surface area contributed by atoms with Gasteiger partial charge in [-0.25, -0.2) is 4.39 Å². The Labute approximate surface area is 115 Å². The highest BCUT2D eigenvalue weighted by molar-refractivity contribution is 7.71. The molecule has 2 rings (SSSR count). The van der Waals surface area contributed by atoms with E-state index >= 15 is 0 Å². The van der Waals surface area contributed by atoms with Crippen molar-refractivity contribution < 1.29 is 9.18 Å². The Morgan fingerprint density at radius 2 is 2.16 bits per heavy atom. The van der Waals surface area contributed by atoms with Crippen LogP contribution in [0.25, 0.3) is 11.0 Å². The van der Waals surface area contributed by atoms with E-state index in [4.69, 9.17) is 12.2 Å². The van der Waals surface area contributed by atoms with E-state index in [1.54, 1.807) is 16.7 Å². The zero-order valence-electron chi connectivity index (χ0n) is 11.1. The Hall–Kier alpha value is -1.69. The second-order valence-electron chi connectivity index (χ2n) is 5.45. The molecule has 0 atom stereocenters. The normalized spacial score (nSPS) is 11.8. The first-order valence-electron chi connectivity index (χ1n) is 5.96. The van der Waals surface area contributed by atoms with Crippen LogP contribution in [-0.4, -0.2) is 21.0 Å². The van der Waals surface area contributed by atoms with Crippen LogP contribution in [0.4, 0.5) is 4.39 Å². The lowest BCUT2D eigenvalue weighted by Crippen LogP contribution is -2.42. The summed E-state index contributed by atoms with van der Waals surface area (Å²) in [7, 11) is 0. The van der Waals surface area contributed by atoms with Crippen molar-refractivity contribution in [3.8, 4) is 0 Å². The van der Waals surface area contributed by atoms with Crippen molar-refractivity contribution in [1.82, 2.24) is 14.9 Å². The van der Waals surface area contributed by atoms with E-state index in [0.717, 1.165) is 0 Å². The third kappa shape index (κ3) is 3.01. The lowest BCUT2D eigenvalue weighted by Gasteiger charge is -2.20. The zero-order chi connectivity index (χ0) is 14.2. The quantitative estimate of drug-likeness (QED) is 0.832. The predicted molar refractivity (Wildman–Crippen MR) is 75.0 cm³/mol. The molecular formula is C13H16FN3OS. The van der Waals surface area contributed by atoms with Crippen molar-refractivity contribution in [3.05, 3.63) is 28.8 Å². The summed E-state index contributed by atoms with van der Waals surface area (Å²) in [6.45, 7) is 5.77. The van der Waals surface area contributed by atoms with Crippen LogP contribution in [-0.2, 0) is 11.3 Å². The molecule has 0 saturated heterocycles. The molecule has 1 amide bonds. The minimum atomic E-state index is -0.376. The Morgan fingerprint density at radius 1 is 1.47 bits per heavy atom. The van der Waals surface area contributed by atoms with Crippen LogP contribution in [0, 0.1) is 10.6 Å². The number of fused-ring (bicyclic) bond motifs is 1. The third-order valence-corrected chi connectivity index (χ3v) is 2.90. The Kier molecular flexibility index (Phi) is 3.45. The monoisotopic (exact) mass is 281 g/mol. The van der Waals surface area contributed by atoms with Gasteiger partial charge in [-0.1, -0.05) is 6.07 Å². The molecule has 0 aliphatic carbocycles. The van der Waals surface area contributed by atoms with E-state index in [2.05, 4.69) is 10.3 Å². The van der Waals surface area contributed by atoms with Gasteiger partial charge in [0, 0.05) is 5.54 Å². The average molecular weight is 281 g/mol. The molecule has 0 aliphatic rings. The number of nitrogens with one attached hydrogen (secondary N) is 2. The molecule has 2 aromatic rings. The fraction of sp³-hybridized carbons (Fsp3) is 0.385. The third-order valence-electron chi connectivity index (χ3n) is 2.58. The lowest BCUT2D eigenvalue weighted by molar-refractivity contribution is -0.123. The highest BCUT2D eigenvalue weighted by atomic mass is 32.1. The van der Waals surface area contributed by atoms with Gasteiger partial charge >= 0.3 is 0 Å². The Bertz CT molecular complexity index is 681. The molecule has 102 valence electrons. The molecule has 0 fully saturated rings. The van der Waals surface area contributed by atoms with E-state index in [1.165, 1.54) is 6.07 Å². The van der Waals surface area contributed by atoms with Gasteiger partial charge in [-0.2, -0.15) is 0 Å². The van der Waals surface area contributed by atoms with Gasteiger partial charge in [0.25, 0.3) is 0 Å². The molecule has 0 unspecified atom stereocenters. The first-order chi connectivity index (χ1) is 8.78. The smallest absolute Gasteiger partial charge is 0.240 e. The van der Waals surface area contributed by atoms with Crippen molar-refractivity contribution in [2.45, 2.75) is 32.9 Å². The molecule has 0 bridgehead atoms. The molecule has 0 radical (unpaired) electrons. The molecule has 4 nitrogen and oxygen atoms in total. The van der Waals surface area contributed by atoms with Crippen LogP contribution in [0.15, 0.2) is 18.2 Å². The summed E-state index contributed by atoms with van der Waals surface area (Å²) >= 11 is 5.13. The van der Waals surface area contributed by atoms with Crippen molar-refractivity contribution in [2.75, 3.05) is 0 Å². The van der Waals surface area contributed by atoms with Crippen molar-refractivity contribution in [2.24, 2.45) is 0 Å². The maximum absolute atomic E-state index is 13.6. The summed E-state index contributed by atoms with van der Waals surface area (Å²) in [6, 6.07) is 4.68. The van der Waals surface area contributed by atoms with E-state index in [-0.39, 0.29) is 23.8 Å². The van der Waals surface area contributed by atoms with Crippen molar-refractivity contribution in [1.29, 1.82) is 0 Å². The maximum Gasteiger partial charge on any atom is 0.240 e. The minimum Gasteiger partial charge on any atom is -0.350 e. The fourth-order valence-corrected chi connectivity index (χ4v) is 2.17. The van der Waals surface area contributed by atoms with Gasteiger partial charge in [-0.15, -0.1) is 0 Å². The number of carbonyl (C=O) groups is 1. The van der Waals surface area contributed by atoms with E-state index in [9.17, 15) is 9.18 Å².